The molecular weight excluding hydrogens is 1260 g/mol. The van der Waals surface area contributed by atoms with E-state index in [2.05, 4.69) is 48.5 Å². The molecule has 0 heterocycles. The van der Waals surface area contributed by atoms with E-state index >= 15 is 0 Å². The van der Waals surface area contributed by atoms with E-state index in [1.807, 2.05) is 0 Å². The standard InChI is InChI=1S/C77H150O17P2/c1-8-10-11-12-13-14-15-16-17-18-19-27-32-37-46-53-60-76(81)93-72(64-87-74(79)58-51-44-36-31-26-22-20-24-29-34-41-48-55-68(3)4)66-91-95(83,84)89-62-71(78)63-90-96(85,86)92-67-73(65-88-75(80)59-52-45-40-39-43-50-57-70(7)9-2)94-77(82)61-54-47-38-33-28-23-21-25-30-35-42-49-56-69(5)6/h68-73,78H,8-67H2,1-7H3,(H,83,84)(H,85,86)/t70?,71-,72-,73-/m1/s1. The summed E-state index contributed by atoms with van der Waals surface area (Å²) in [6, 6.07) is 0. The van der Waals surface area contributed by atoms with Gasteiger partial charge in [-0.05, 0) is 43.4 Å². The highest BCUT2D eigenvalue weighted by Crippen LogP contribution is 2.45. The molecule has 0 saturated heterocycles. The zero-order chi connectivity index (χ0) is 70.9. The number of aliphatic hydroxyl groups excluding tert-OH is 1. The third kappa shape index (κ3) is 69.2. The van der Waals surface area contributed by atoms with Gasteiger partial charge in [-0.15, -0.1) is 0 Å². The maximum absolute atomic E-state index is 13.1. The van der Waals surface area contributed by atoms with E-state index in [0.29, 0.717) is 25.7 Å². The molecule has 0 amide bonds. The Morgan fingerprint density at radius 3 is 0.792 bits per heavy atom. The lowest BCUT2D eigenvalue weighted by Gasteiger charge is -2.21. The highest BCUT2D eigenvalue weighted by Gasteiger charge is 2.30. The van der Waals surface area contributed by atoms with Crippen LogP contribution in [0, 0.1) is 17.8 Å². The maximum atomic E-state index is 13.1. The predicted octanol–water partition coefficient (Wildman–Crippen LogP) is 22.6. The van der Waals surface area contributed by atoms with Crippen LogP contribution in [0.5, 0.6) is 0 Å². The van der Waals surface area contributed by atoms with Crippen molar-refractivity contribution in [1.82, 2.24) is 0 Å². The van der Waals surface area contributed by atoms with Crippen LogP contribution in [0.2, 0.25) is 0 Å². The summed E-state index contributed by atoms with van der Waals surface area (Å²) in [6.45, 7) is 11.9. The van der Waals surface area contributed by atoms with Crippen LogP contribution in [0.4, 0.5) is 0 Å². The van der Waals surface area contributed by atoms with Gasteiger partial charge in [-0.3, -0.25) is 37.3 Å². The van der Waals surface area contributed by atoms with Crippen molar-refractivity contribution in [1.29, 1.82) is 0 Å². The Balaban J connectivity index is 5.26. The minimum Gasteiger partial charge on any atom is -0.462 e. The van der Waals surface area contributed by atoms with Gasteiger partial charge >= 0.3 is 39.5 Å². The normalized spacial score (nSPS) is 14.3. The van der Waals surface area contributed by atoms with Crippen molar-refractivity contribution in [2.75, 3.05) is 39.6 Å². The smallest absolute Gasteiger partial charge is 0.462 e. The van der Waals surface area contributed by atoms with Crippen LogP contribution >= 0.6 is 15.6 Å². The number of phosphoric acid groups is 2. The van der Waals surface area contributed by atoms with E-state index in [-0.39, 0.29) is 25.7 Å². The lowest BCUT2D eigenvalue weighted by atomic mass is 10.00. The Bertz CT molecular complexity index is 1870. The number of phosphoric ester groups is 2. The molecule has 3 unspecified atom stereocenters. The average Bonchev–Trinajstić information content (AvgIpc) is 1.22. The molecule has 6 atom stereocenters. The van der Waals surface area contributed by atoms with Crippen molar-refractivity contribution >= 4 is 39.5 Å². The van der Waals surface area contributed by atoms with E-state index in [1.165, 1.54) is 199 Å². The van der Waals surface area contributed by atoms with E-state index in [9.17, 15) is 43.2 Å². The van der Waals surface area contributed by atoms with Crippen LogP contribution < -0.4 is 0 Å². The number of hydrogen-bond donors (Lipinski definition) is 3. The molecule has 0 aliphatic rings. The first-order valence-corrected chi connectivity index (χ1v) is 42.9. The van der Waals surface area contributed by atoms with Crippen LogP contribution in [-0.4, -0.2) is 96.7 Å². The van der Waals surface area contributed by atoms with Crippen LogP contribution in [0.3, 0.4) is 0 Å². The lowest BCUT2D eigenvalue weighted by Crippen LogP contribution is -2.30. The molecule has 0 aromatic carbocycles. The zero-order valence-corrected chi connectivity index (χ0v) is 64.6. The molecule has 17 nitrogen and oxygen atoms in total. The summed E-state index contributed by atoms with van der Waals surface area (Å²) in [4.78, 5) is 72.9. The van der Waals surface area contributed by atoms with Crippen molar-refractivity contribution in [3.8, 4) is 0 Å². The number of hydrogen-bond acceptors (Lipinski definition) is 15. The van der Waals surface area contributed by atoms with Gasteiger partial charge in [0.2, 0.25) is 0 Å². The summed E-state index contributed by atoms with van der Waals surface area (Å²) in [6.07, 6.45) is 54.0. The van der Waals surface area contributed by atoms with Gasteiger partial charge in [-0.1, -0.05) is 344 Å². The van der Waals surface area contributed by atoms with Gasteiger partial charge in [-0.25, -0.2) is 9.13 Å². The van der Waals surface area contributed by atoms with Crippen molar-refractivity contribution < 1.29 is 80.2 Å². The summed E-state index contributed by atoms with van der Waals surface area (Å²) < 4.78 is 68.6. The second-order valence-electron chi connectivity index (χ2n) is 28.9. The second-order valence-corrected chi connectivity index (χ2v) is 31.8. The molecule has 0 rings (SSSR count). The van der Waals surface area contributed by atoms with Gasteiger partial charge in [0.1, 0.15) is 19.3 Å². The Morgan fingerprint density at radius 2 is 0.531 bits per heavy atom. The molecule has 0 aromatic rings. The van der Waals surface area contributed by atoms with Crippen molar-refractivity contribution in [2.45, 2.75) is 414 Å². The third-order valence-electron chi connectivity index (χ3n) is 18.2. The van der Waals surface area contributed by atoms with Gasteiger partial charge in [0, 0.05) is 25.7 Å². The average molecular weight is 1410 g/mol. The van der Waals surface area contributed by atoms with E-state index in [1.54, 1.807) is 0 Å². The fourth-order valence-electron chi connectivity index (χ4n) is 11.7. The minimum absolute atomic E-state index is 0.106. The largest absolute Gasteiger partial charge is 0.472 e. The highest BCUT2D eigenvalue weighted by atomic mass is 31.2. The first kappa shape index (κ1) is 94.1. The minimum atomic E-state index is -4.96. The SMILES string of the molecule is CCCCCCCCCCCCCCCCCCC(=O)O[C@H](COC(=O)CCCCCCCCCCCCCCC(C)C)COP(=O)(O)OC[C@@H](O)COP(=O)(O)OC[C@@H](COC(=O)CCCCCCCCC(C)CC)OC(=O)CCCCCCCCCCCCCCC(C)C. The summed E-state index contributed by atoms with van der Waals surface area (Å²) in [5.74, 6) is 0.173. The molecule has 19 heteroatoms. The molecule has 0 radical (unpaired) electrons. The number of carbonyl (C=O) groups excluding carboxylic acids is 4. The fraction of sp³-hybridized carbons (Fsp3) is 0.948. The lowest BCUT2D eigenvalue weighted by molar-refractivity contribution is -0.161. The van der Waals surface area contributed by atoms with E-state index in [0.717, 1.165) is 114 Å². The molecule has 96 heavy (non-hydrogen) atoms. The molecule has 570 valence electrons. The van der Waals surface area contributed by atoms with Crippen LogP contribution in [0.15, 0.2) is 0 Å². The predicted molar refractivity (Wildman–Crippen MR) is 391 cm³/mol. The highest BCUT2D eigenvalue weighted by molar-refractivity contribution is 7.47. The molecule has 3 N–H and O–H groups in total. The third-order valence-corrected chi connectivity index (χ3v) is 20.1. The monoisotopic (exact) mass is 1410 g/mol. The molecule has 0 saturated carbocycles. The van der Waals surface area contributed by atoms with Crippen molar-refractivity contribution in [2.24, 2.45) is 17.8 Å². The van der Waals surface area contributed by atoms with E-state index < -0.39 is 97.5 Å². The summed E-state index contributed by atoms with van der Waals surface area (Å²) in [5.41, 5.74) is 0. The Morgan fingerprint density at radius 1 is 0.302 bits per heavy atom. The molecule has 0 aromatic heterocycles. The Hall–Kier alpha value is -1.94. The quantitative estimate of drug-likeness (QED) is 0.0222. The number of unbranched alkanes of at least 4 members (excludes halogenated alkanes) is 42. The molecule has 0 bridgehead atoms. The molecule has 0 spiro atoms. The Kier molecular flexibility index (Phi) is 66.2. The van der Waals surface area contributed by atoms with Gasteiger partial charge in [0.25, 0.3) is 0 Å². The molecule has 0 aliphatic heterocycles. The Labute approximate surface area is 588 Å². The number of rotatable bonds is 75. The summed E-state index contributed by atoms with van der Waals surface area (Å²) >= 11 is 0. The van der Waals surface area contributed by atoms with Gasteiger partial charge in [-0.2, -0.15) is 0 Å². The first-order valence-electron chi connectivity index (χ1n) is 39.9. The van der Waals surface area contributed by atoms with Crippen molar-refractivity contribution in [3.05, 3.63) is 0 Å². The number of esters is 4. The maximum Gasteiger partial charge on any atom is 0.472 e. The fourth-order valence-corrected chi connectivity index (χ4v) is 13.3. The van der Waals surface area contributed by atoms with Gasteiger partial charge < -0.3 is 33.8 Å². The van der Waals surface area contributed by atoms with Gasteiger partial charge in [0.05, 0.1) is 26.4 Å². The molecular formula is C77H150O17P2. The van der Waals surface area contributed by atoms with Crippen molar-refractivity contribution in [3.63, 3.8) is 0 Å². The molecule has 0 fully saturated rings. The number of aliphatic hydroxyl groups is 1. The van der Waals surface area contributed by atoms with Gasteiger partial charge in [0.15, 0.2) is 12.2 Å². The topological polar surface area (TPSA) is 237 Å². The summed E-state index contributed by atoms with van der Waals surface area (Å²) in [5, 5.41) is 10.6. The number of carbonyl (C=O) groups is 4. The van der Waals surface area contributed by atoms with E-state index in [4.69, 9.17) is 37.0 Å². The number of ether oxygens (including phenoxy) is 4. The van der Waals surface area contributed by atoms with Crippen LogP contribution in [-0.2, 0) is 65.4 Å². The van der Waals surface area contributed by atoms with Crippen LogP contribution in [0.1, 0.15) is 395 Å². The first-order chi connectivity index (χ1) is 46.3. The van der Waals surface area contributed by atoms with Crippen LogP contribution in [0.25, 0.3) is 0 Å². The molecule has 0 aliphatic carbocycles. The second kappa shape index (κ2) is 67.5. The summed E-state index contributed by atoms with van der Waals surface area (Å²) in [7, 11) is -9.91. The zero-order valence-electron chi connectivity index (χ0n) is 62.8.